The third-order valence-electron chi connectivity index (χ3n) is 5.90. The highest BCUT2D eigenvalue weighted by molar-refractivity contribution is 5.71. The number of nitrogens with one attached hydrogen (secondary N) is 1. The van der Waals surface area contributed by atoms with Gasteiger partial charge in [-0.3, -0.25) is 14.3 Å². The maximum absolute atomic E-state index is 12.6. The number of hydrogen-bond acceptors (Lipinski definition) is 5. The summed E-state index contributed by atoms with van der Waals surface area (Å²) in [7, 11) is 1.81. The second-order valence-electron chi connectivity index (χ2n) is 8.20. The van der Waals surface area contributed by atoms with Gasteiger partial charge in [-0.25, -0.2) is 9.78 Å². The Hall–Kier alpha value is -3.81. The molecule has 2 aromatic carbocycles. The topological polar surface area (TPSA) is 96.2 Å². The minimum atomic E-state index is -0.426. The molecule has 0 saturated carbocycles. The summed E-state index contributed by atoms with van der Waals surface area (Å²) in [6.45, 7) is 3.73. The van der Waals surface area contributed by atoms with Crippen molar-refractivity contribution in [2.24, 2.45) is 7.05 Å². The van der Waals surface area contributed by atoms with Gasteiger partial charge in [-0.05, 0) is 42.7 Å². The zero-order valence-electron chi connectivity index (χ0n) is 19.0. The van der Waals surface area contributed by atoms with Crippen LogP contribution < -0.4 is 16.1 Å². The Kier molecular flexibility index (Phi) is 6.63. The van der Waals surface area contributed by atoms with Crippen molar-refractivity contribution in [1.82, 2.24) is 19.1 Å². The number of nitrogens with zero attached hydrogens (tertiary/aromatic N) is 4. The number of hydrogen-bond donors (Lipinski definition) is 2. The second kappa shape index (κ2) is 9.77. The van der Waals surface area contributed by atoms with E-state index in [1.165, 1.54) is 5.56 Å². The summed E-state index contributed by atoms with van der Waals surface area (Å²) in [5, 5.41) is 9.73. The minimum absolute atomic E-state index is 0.205. The van der Waals surface area contributed by atoms with Crippen LogP contribution in [0.3, 0.4) is 0 Å². The average molecular weight is 448 g/mol. The van der Waals surface area contributed by atoms with Gasteiger partial charge in [-0.15, -0.1) is 0 Å². The quantitative estimate of drug-likeness (QED) is 0.411. The van der Waals surface area contributed by atoms with E-state index in [1.807, 2.05) is 30.3 Å². The Morgan fingerprint density at radius 3 is 2.48 bits per heavy atom. The highest BCUT2D eigenvalue weighted by Gasteiger charge is 2.19. The Balaban J connectivity index is 1.71. The summed E-state index contributed by atoms with van der Waals surface area (Å²) in [5.74, 6) is 0.892. The molecule has 0 aliphatic heterocycles. The van der Waals surface area contributed by atoms with E-state index < -0.39 is 11.2 Å². The molecule has 33 heavy (non-hydrogen) atoms. The highest BCUT2D eigenvalue weighted by atomic mass is 16.3. The van der Waals surface area contributed by atoms with Crippen LogP contribution in [-0.2, 0) is 26.6 Å². The highest BCUT2D eigenvalue weighted by Crippen LogP contribution is 2.22. The molecule has 0 unspecified atom stereocenters. The first-order chi connectivity index (χ1) is 16.0. The van der Waals surface area contributed by atoms with Crippen LogP contribution in [0, 0.1) is 0 Å². The second-order valence-corrected chi connectivity index (χ2v) is 8.20. The lowest BCUT2D eigenvalue weighted by Gasteiger charge is -2.24. The Morgan fingerprint density at radius 2 is 1.79 bits per heavy atom. The third kappa shape index (κ3) is 4.84. The monoisotopic (exact) mass is 447 g/mol. The molecule has 8 heteroatoms. The Bertz CT molecular complexity index is 1340. The molecule has 0 saturated heterocycles. The van der Waals surface area contributed by atoms with Crippen molar-refractivity contribution in [1.29, 1.82) is 0 Å². The van der Waals surface area contributed by atoms with Gasteiger partial charge in [0.05, 0.1) is 6.54 Å². The number of aromatic nitrogens is 4. The standard InChI is InChI=1S/C25H29N5O3/c1-3-4-15-30-23-22(24(32)27-25(30)33)28(2)21(26-23)17-29(19-10-12-20(31)13-11-19)16-14-18-8-6-5-7-9-18/h5-13,31H,3-4,14-17H2,1-2H3,(H,27,32,33). The molecule has 0 spiro atoms. The number of anilines is 1. The van der Waals surface area contributed by atoms with Crippen molar-refractivity contribution in [2.75, 3.05) is 11.4 Å². The van der Waals surface area contributed by atoms with Crippen molar-refractivity contribution in [3.8, 4) is 5.75 Å². The number of phenols is 1. The first-order valence-corrected chi connectivity index (χ1v) is 11.2. The zero-order valence-corrected chi connectivity index (χ0v) is 19.0. The molecule has 0 aliphatic carbocycles. The van der Waals surface area contributed by atoms with Gasteiger partial charge in [0, 0.05) is 25.8 Å². The lowest BCUT2D eigenvalue weighted by Crippen LogP contribution is -2.31. The summed E-state index contributed by atoms with van der Waals surface area (Å²) in [4.78, 5) is 34.4. The normalized spacial score (nSPS) is 11.2. The maximum atomic E-state index is 12.6. The molecule has 0 aliphatic rings. The lowest BCUT2D eigenvalue weighted by atomic mass is 10.1. The summed E-state index contributed by atoms with van der Waals surface area (Å²) in [5.41, 5.74) is 2.12. The fourth-order valence-electron chi connectivity index (χ4n) is 4.00. The van der Waals surface area contributed by atoms with E-state index in [9.17, 15) is 14.7 Å². The van der Waals surface area contributed by atoms with E-state index in [0.29, 0.717) is 30.1 Å². The van der Waals surface area contributed by atoms with E-state index in [4.69, 9.17) is 4.98 Å². The molecule has 0 bridgehead atoms. The molecular weight excluding hydrogens is 418 g/mol. The number of H-pyrrole nitrogens is 1. The maximum Gasteiger partial charge on any atom is 0.330 e. The number of unbranched alkanes of at least 4 members (excludes halogenated alkanes) is 1. The van der Waals surface area contributed by atoms with Gasteiger partial charge in [0.15, 0.2) is 11.2 Å². The van der Waals surface area contributed by atoms with Gasteiger partial charge >= 0.3 is 5.69 Å². The van der Waals surface area contributed by atoms with Crippen molar-refractivity contribution in [2.45, 2.75) is 39.3 Å². The molecule has 0 atom stereocenters. The summed E-state index contributed by atoms with van der Waals surface area (Å²) >= 11 is 0. The Labute approximate surface area is 191 Å². The van der Waals surface area contributed by atoms with Crippen LogP contribution in [0.15, 0.2) is 64.2 Å². The van der Waals surface area contributed by atoms with E-state index >= 15 is 0 Å². The number of aromatic amines is 1. The molecule has 4 rings (SSSR count). The summed E-state index contributed by atoms with van der Waals surface area (Å²) in [6, 6.07) is 17.3. The van der Waals surface area contributed by atoms with Gasteiger partial charge in [0.2, 0.25) is 0 Å². The fourth-order valence-corrected chi connectivity index (χ4v) is 4.00. The van der Waals surface area contributed by atoms with Gasteiger partial charge in [0.1, 0.15) is 11.6 Å². The molecule has 8 nitrogen and oxygen atoms in total. The molecule has 0 amide bonds. The molecule has 4 aromatic rings. The number of benzene rings is 2. The van der Waals surface area contributed by atoms with Crippen LogP contribution in [0.4, 0.5) is 5.69 Å². The van der Waals surface area contributed by atoms with Gasteiger partial charge in [-0.1, -0.05) is 43.7 Å². The fraction of sp³-hybridized carbons (Fsp3) is 0.320. The predicted molar refractivity (Wildman–Crippen MR) is 130 cm³/mol. The van der Waals surface area contributed by atoms with Crippen molar-refractivity contribution in [3.05, 3.63) is 86.8 Å². The van der Waals surface area contributed by atoms with Crippen LogP contribution in [0.5, 0.6) is 5.75 Å². The van der Waals surface area contributed by atoms with Crippen LogP contribution in [0.2, 0.25) is 0 Å². The van der Waals surface area contributed by atoms with Crippen LogP contribution in [0.1, 0.15) is 31.2 Å². The number of imidazole rings is 1. The molecular formula is C25H29N5O3. The third-order valence-corrected chi connectivity index (χ3v) is 5.90. The number of aryl methyl sites for hydroxylation is 2. The molecule has 0 radical (unpaired) electrons. The van der Waals surface area contributed by atoms with Crippen molar-refractivity contribution < 1.29 is 5.11 Å². The number of fused-ring (bicyclic) bond motifs is 1. The van der Waals surface area contributed by atoms with Gasteiger partial charge in [-0.2, -0.15) is 0 Å². The van der Waals surface area contributed by atoms with E-state index in [0.717, 1.165) is 31.5 Å². The average Bonchev–Trinajstić information content (AvgIpc) is 3.14. The SMILES string of the molecule is CCCCn1c(=O)[nH]c(=O)c2c1nc(CN(CCc1ccccc1)c1ccc(O)cc1)n2C. The van der Waals surface area contributed by atoms with Gasteiger partial charge in [0.25, 0.3) is 5.56 Å². The van der Waals surface area contributed by atoms with E-state index in [-0.39, 0.29) is 5.75 Å². The largest absolute Gasteiger partial charge is 0.508 e. The molecule has 0 fully saturated rings. The number of phenolic OH excluding ortho intramolecular Hbond substituents is 1. The van der Waals surface area contributed by atoms with E-state index in [2.05, 4.69) is 28.9 Å². The van der Waals surface area contributed by atoms with Crippen LogP contribution in [-0.4, -0.2) is 30.8 Å². The molecule has 172 valence electrons. The smallest absolute Gasteiger partial charge is 0.330 e. The van der Waals surface area contributed by atoms with Crippen LogP contribution in [0.25, 0.3) is 11.2 Å². The molecule has 2 N–H and O–H groups in total. The summed E-state index contributed by atoms with van der Waals surface area (Å²) in [6.07, 6.45) is 2.58. The van der Waals surface area contributed by atoms with Crippen LogP contribution >= 0.6 is 0 Å². The van der Waals surface area contributed by atoms with Crippen molar-refractivity contribution >= 4 is 16.9 Å². The number of rotatable bonds is 9. The molecule has 2 aromatic heterocycles. The first kappa shape index (κ1) is 22.4. The molecule has 2 heterocycles. The van der Waals surface area contributed by atoms with Gasteiger partial charge < -0.3 is 14.6 Å². The lowest BCUT2D eigenvalue weighted by molar-refractivity contribution is 0.475. The summed E-state index contributed by atoms with van der Waals surface area (Å²) < 4.78 is 3.32. The number of aromatic hydroxyl groups is 1. The van der Waals surface area contributed by atoms with Crippen molar-refractivity contribution in [3.63, 3.8) is 0 Å². The Morgan fingerprint density at radius 1 is 1.06 bits per heavy atom. The van der Waals surface area contributed by atoms with E-state index in [1.54, 1.807) is 28.3 Å². The minimum Gasteiger partial charge on any atom is -0.508 e. The predicted octanol–water partition coefficient (Wildman–Crippen LogP) is 3.18. The first-order valence-electron chi connectivity index (χ1n) is 11.2. The zero-order chi connectivity index (χ0) is 23.4.